The third kappa shape index (κ3) is 2.93. The molecule has 0 aliphatic carbocycles. The first kappa shape index (κ1) is 17.1. The standard InChI is InChI=1S/C21H19FN2O3/c1-12-19(15-4-6-16(22)7-5-15)20(21(23)25)13(2)24(12)10-14-3-8-17-18(9-14)27-11-26-17/h3-9H,10-11H2,1-2H3,(H2,23,25). The van der Waals surface area contributed by atoms with E-state index in [1.54, 1.807) is 12.1 Å². The van der Waals surface area contributed by atoms with Crippen LogP contribution >= 0.6 is 0 Å². The molecule has 0 unspecified atom stereocenters. The van der Waals surface area contributed by atoms with Gasteiger partial charge in [-0.15, -0.1) is 0 Å². The van der Waals surface area contributed by atoms with Gasteiger partial charge in [0.15, 0.2) is 11.5 Å². The number of ether oxygens (including phenoxy) is 2. The Bertz CT molecular complexity index is 1040. The van der Waals surface area contributed by atoms with Crippen LogP contribution < -0.4 is 15.2 Å². The summed E-state index contributed by atoms with van der Waals surface area (Å²) in [5.41, 5.74) is 10.3. The fourth-order valence-electron chi connectivity index (χ4n) is 3.61. The molecule has 3 aromatic rings. The molecule has 1 aliphatic rings. The molecule has 0 spiro atoms. The van der Waals surface area contributed by atoms with Crippen LogP contribution in [0.15, 0.2) is 42.5 Å². The highest BCUT2D eigenvalue weighted by Gasteiger charge is 2.23. The Morgan fingerprint density at radius 3 is 2.48 bits per heavy atom. The number of hydrogen-bond acceptors (Lipinski definition) is 3. The molecule has 1 aromatic heterocycles. The van der Waals surface area contributed by atoms with Gasteiger partial charge in [-0.3, -0.25) is 4.79 Å². The van der Waals surface area contributed by atoms with Crippen LogP contribution in [0.2, 0.25) is 0 Å². The zero-order valence-electron chi connectivity index (χ0n) is 15.1. The maximum Gasteiger partial charge on any atom is 0.251 e. The van der Waals surface area contributed by atoms with Crippen molar-refractivity contribution in [3.8, 4) is 22.6 Å². The van der Waals surface area contributed by atoms with Gasteiger partial charge in [0.05, 0.1) is 5.56 Å². The predicted molar refractivity (Wildman–Crippen MR) is 99.5 cm³/mol. The molecule has 2 aromatic carbocycles. The van der Waals surface area contributed by atoms with Gasteiger partial charge in [0.2, 0.25) is 6.79 Å². The molecule has 4 rings (SSSR count). The van der Waals surface area contributed by atoms with E-state index in [0.29, 0.717) is 17.9 Å². The minimum atomic E-state index is -0.501. The molecule has 0 saturated heterocycles. The number of carbonyl (C=O) groups excluding carboxylic acids is 1. The number of nitrogens with two attached hydrogens (primary N) is 1. The highest BCUT2D eigenvalue weighted by molar-refractivity contribution is 6.02. The van der Waals surface area contributed by atoms with Gasteiger partial charge in [0.1, 0.15) is 5.82 Å². The lowest BCUT2D eigenvalue weighted by Crippen LogP contribution is -2.13. The molecule has 5 nitrogen and oxygen atoms in total. The molecule has 1 amide bonds. The lowest BCUT2D eigenvalue weighted by atomic mass is 10.00. The van der Waals surface area contributed by atoms with E-state index in [9.17, 15) is 9.18 Å². The highest BCUT2D eigenvalue weighted by Crippen LogP contribution is 2.35. The second-order valence-electron chi connectivity index (χ2n) is 6.57. The second-order valence-corrected chi connectivity index (χ2v) is 6.57. The van der Waals surface area contributed by atoms with Crippen molar-refractivity contribution in [2.24, 2.45) is 5.73 Å². The number of halogens is 1. The number of hydrogen-bond donors (Lipinski definition) is 1. The van der Waals surface area contributed by atoms with E-state index in [2.05, 4.69) is 0 Å². The monoisotopic (exact) mass is 366 g/mol. The minimum Gasteiger partial charge on any atom is -0.454 e. The van der Waals surface area contributed by atoms with Gasteiger partial charge >= 0.3 is 0 Å². The smallest absolute Gasteiger partial charge is 0.251 e. The molecule has 0 radical (unpaired) electrons. The molecule has 0 fully saturated rings. The van der Waals surface area contributed by atoms with Crippen LogP contribution in [0.3, 0.4) is 0 Å². The zero-order valence-corrected chi connectivity index (χ0v) is 15.1. The van der Waals surface area contributed by atoms with Crippen LogP contribution in [0.4, 0.5) is 4.39 Å². The van der Waals surface area contributed by atoms with Crippen LogP contribution in [0, 0.1) is 19.7 Å². The maximum atomic E-state index is 13.3. The molecule has 138 valence electrons. The average molecular weight is 366 g/mol. The van der Waals surface area contributed by atoms with Crippen molar-refractivity contribution in [1.29, 1.82) is 0 Å². The first-order chi connectivity index (χ1) is 13.0. The van der Waals surface area contributed by atoms with Crippen LogP contribution in [0.1, 0.15) is 27.3 Å². The summed E-state index contributed by atoms with van der Waals surface area (Å²) in [5, 5.41) is 0. The van der Waals surface area contributed by atoms with Gasteiger partial charge in [-0.25, -0.2) is 4.39 Å². The summed E-state index contributed by atoms with van der Waals surface area (Å²) in [7, 11) is 0. The predicted octanol–water partition coefficient (Wildman–Crippen LogP) is 3.79. The van der Waals surface area contributed by atoms with Gasteiger partial charge in [0, 0.05) is 23.5 Å². The van der Waals surface area contributed by atoms with E-state index in [4.69, 9.17) is 15.2 Å². The largest absolute Gasteiger partial charge is 0.454 e. The number of carbonyl (C=O) groups is 1. The SMILES string of the molecule is Cc1c(C(N)=O)c(-c2ccc(F)cc2)c(C)n1Cc1ccc2c(c1)OCO2. The zero-order chi connectivity index (χ0) is 19.1. The molecule has 1 aliphatic heterocycles. The number of benzene rings is 2. The average Bonchev–Trinajstić information content (AvgIpc) is 3.20. The quantitative estimate of drug-likeness (QED) is 0.764. The molecular formula is C21H19FN2O3. The fraction of sp³-hybridized carbons (Fsp3) is 0.190. The summed E-state index contributed by atoms with van der Waals surface area (Å²) in [6, 6.07) is 11.9. The van der Waals surface area contributed by atoms with Crippen molar-refractivity contribution < 1.29 is 18.7 Å². The van der Waals surface area contributed by atoms with Crippen molar-refractivity contribution in [3.63, 3.8) is 0 Å². The van der Waals surface area contributed by atoms with E-state index in [-0.39, 0.29) is 12.6 Å². The maximum absolute atomic E-state index is 13.3. The Hall–Kier alpha value is -3.28. The first-order valence-electron chi connectivity index (χ1n) is 8.59. The van der Waals surface area contributed by atoms with E-state index in [1.165, 1.54) is 12.1 Å². The lowest BCUT2D eigenvalue weighted by Gasteiger charge is -2.11. The van der Waals surface area contributed by atoms with Crippen LogP contribution in [0.5, 0.6) is 11.5 Å². The summed E-state index contributed by atoms with van der Waals surface area (Å²) in [6.45, 7) is 4.58. The van der Waals surface area contributed by atoms with Gasteiger partial charge in [-0.2, -0.15) is 0 Å². The highest BCUT2D eigenvalue weighted by atomic mass is 19.1. The Morgan fingerprint density at radius 2 is 1.78 bits per heavy atom. The third-order valence-electron chi connectivity index (χ3n) is 4.94. The van der Waals surface area contributed by atoms with Gasteiger partial charge in [0.25, 0.3) is 5.91 Å². The summed E-state index contributed by atoms with van der Waals surface area (Å²) >= 11 is 0. The van der Waals surface area contributed by atoms with Crippen LogP contribution in [0.25, 0.3) is 11.1 Å². The van der Waals surface area contributed by atoms with Crippen molar-refractivity contribution >= 4 is 5.91 Å². The summed E-state index contributed by atoms with van der Waals surface area (Å²) in [4.78, 5) is 12.2. The van der Waals surface area contributed by atoms with E-state index in [1.807, 2.05) is 36.6 Å². The molecule has 2 heterocycles. The molecule has 2 N–H and O–H groups in total. The van der Waals surface area contributed by atoms with Crippen LogP contribution in [-0.2, 0) is 6.54 Å². The third-order valence-corrected chi connectivity index (χ3v) is 4.94. The van der Waals surface area contributed by atoms with Gasteiger partial charge < -0.3 is 19.8 Å². The lowest BCUT2D eigenvalue weighted by molar-refractivity contribution is 0.1000. The molecule has 0 atom stereocenters. The number of primary amides is 1. The van der Waals surface area contributed by atoms with Crippen molar-refractivity contribution in [2.45, 2.75) is 20.4 Å². The fourth-order valence-corrected chi connectivity index (χ4v) is 3.61. The number of amides is 1. The molecule has 0 bridgehead atoms. The molecular weight excluding hydrogens is 347 g/mol. The topological polar surface area (TPSA) is 66.5 Å². The summed E-state index contributed by atoms with van der Waals surface area (Å²) < 4.78 is 26.2. The van der Waals surface area contributed by atoms with Crippen molar-refractivity contribution in [3.05, 3.63) is 70.8 Å². The first-order valence-corrected chi connectivity index (χ1v) is 8.59. The summed E-state index contributed by atoms with van der Waals surface area (Å²) in [5.74, 6) is 0.612. The number of nitrogens with zero attached hydrogens (tertiary/aromatic N) is 1. The second kappa shape index (κ2) is 6.46. The number of rotatable bonds is 4. The van der Waals surface area contributed by atoms with E-state index >= 15 is 0 Å². The molecule has 0 saturated carbocycles. The molecule has 27 heavy (non-hydrogen) atoms. The minimum absolute atomic E-state index is 0.223. The van der Waals surface area contributed by atoms with Gasteiger partial charge in [-0.1, -0.05) is 18.2 Å². The van der Waals surface area contributed by atoms with Crippen molar-refractivity contribution in [1.82, 2.24) is 4.57 Å². The number of aromatic nitrogens is 1. The van der Waals surface area contributed by atoms with Crippen LogP contribution in [-0.4, -0.2) is 17.3 Å². The van der Waals surface area contributed by atoms with E-state index in [0.717, 1.165) is 33.8 Å². The Balaban J connectivity index is 1.80. The Kier molecular flexibility index (Phi) is 4.11. The molecule has 6 heteroatoms. The Labute approximate surface area is 156 Å². The van der Waals surface area contributed by atoms with Gasteiger partial charge in [-0.05, 0) is 49.2 Å². The van der Waals surface area contributed by atoms with Crippen molar-refractivity contribution in [2.75, 3.05) is 6.79 Å². The normalized spacial score (nSPS) is 12.4. The summed E-state index contributed by atoms with van der Waals surface area (Å²) in [6.07, 6.45) is 0. The Morgan fingerprint density at radius 1 is 1.07 bits per heavy atom. The van der Waals surface area contributed by atoms with E-state index < -0.39 is 5.91 Å². The number of fused-ring (bicyclic) bond motifs is 1.